The van der Waals surface area contributed by atoms with Crippen molar-refractivity contribution in [2.75, 3.05) is 19.6 Å². The molecule has 90 valence electrons. The van der Waals surface area contributed by atoms with Gasteiger partial charge >= 0.3 is 0 Å². The van der Waals surface area contributed by atoms with E-state index in [0.717, 1.165) is 32.5 Å². The van der Waals surface area contributed by atoms with E-state index in [1.165, 1.54) is 32.1 Å². The number of hydrogen-bond acceptors (Lipinski definition) is 2. The molecule has 3 fully saturated rings. The number of nitrogens with one attached hydrogen (secondary N) is 1. The highest BCUT2D eigenvalue weighted by molar-refractivity contribution is 5.84. The molecule has 1 amide bonds. The van der Waals surface area contributed by atoms with Crippen LogP contribution in [0.25, 0.3) is 0 Å². The zero-order valence-electron chi connectivity index (χ0n) is 10.0. The van der Waals surface area contributed by atoms with Crippen molar-refractivity contribution in [1.29, 1.82) is 0 Å². The van der Waals surface area contributed by atoms with Gasteiger partial charge in [-0.25, -0.2) is 0 Å². The van der Waals surface area contributed by atoms with E-state index in [0.29, 0.717) is 11.9 Å². The van der Waals surface area contributed by atoms with E-state index in [1.54, 1.807) is 0 Å². The summed E-state index contributed by atoms with van der Waals surface area (Å²) < 4.78 is 0. The molecule has 3 heteroatoms. The lowest BCUT2D eigenvalue weighted by atomic mass is 9.78. The number of carbonyl (C=O) groups excluding carboxylic acids is 1. The van der Waals surface area contributed by atoms with Crippen molar-refractivity contribution < 1.29 is 4.79 Å². The largest absolute Gasteiger partial charge is 0.339 e. The summed E-state index contributed by atoms with van der Waals surface area (Å²) in [5.74, 6) is 0.468. The third-order valence-corrected chi connectivity index (χ3v) is 4.78. The van der Waals surface area contributed by atoms with Crippen molar-refractivity contribution >= 4 is 5.91 Å². The van der Waals surface area contributed by atoms with Gasteiger partial charge in [0.05, 0.1) is 5.41 Å². The smallest absolute Gasteiger partial charge is 0.230 e. The molecule has 3 aliphatic rings. The van der Waals surface area contributed by atoms with Crippen LogP contribution in [-0.2, 0) is 4.79 Å². The van der Waals surface area contributed by atoms with Gasteiger partial charge in [-0.2, -0.15) is 0 Å². The Bertz CT molecular complexity index is 278. The van der Waals surface area contributed by atoms with E-state index in [4.69, 9.17) is 0 Å². The fraction of sp³-hybridized carbons (Fsp3) is 0.923. The molecule has 0 bridgehead atoms. The molecule has 1 unspecified atom stereocenters. The summed E-state index contributed by atoms with van der Waals surface area (Å²) in [6, 6.07) is 0.574. The first-order valence-electron chi connectivity index (χ1n) is 6.84. The maximum absolute atomic E-state index is 12.6. The minimum atomic E-state index is -0.0131. The minimum Gasteiger partial charge on any atom is -0.339 e. The highest BCUT2D eigenvalue weighted by Gasteiger charge is 2.47. The molecule has 1 atom stereocenters. The third-order valence-electron chi connectivity index (χ3n) is 4.78. The lowest BCUT2D eigenvalue weighted by Gasteiger charge is -2.42. The second-order valence-electron chi connectivity index (χ2n) is 5.75. The molecule has 1 spiro atoms. The Morgan fingerprint density at radius 3 is 2.69 bits per heavy atom. The molecule has 3 nitrogen and oxygen atoms in total. The molecule has 1 saturated carbocycles. The Balaban J connectivity index is 1.77. The summed E-state index contributed by atoms with van der Waals surface area (Å²) in [6.07, 6.45) is 8.52. The van der Waals surface area contributed by atoms with Gasteiger partial charge in [-0.3, -0.25) is 4.79 Å². The first kappa shape index (κ1) is 10.6. The molecule has 0 radical (unpaired) electrons. The molecule has 0 aromatic carbocycles. The Morgan fingerprint density at radius 1 is 1.19 bits per heavy atom. The lowest BCUT2D eigenvalue weighted by Crippen LogP contribution is -2.53. The molecule has 0 aromatic rings. The van der Waals surface area contributed by atoms with Crippen LogP contribution in [0.15, 0.2) is 0 Å². The predicted molar refractivity (Wildman–Crippen MR) is 63.1 cm³/mol. The molecule has 2 aliphatic heterocycles. The third kappa shape index (κ3) is 1.56. The average molecular weight is 222 g/mol. The second-order valence-corrected chi connectivity index (χ2v) is 5.75. The van der Waals surface area contributed by atoms with Gasteiger partial charge in [-0.15, -0.1) is 0 Å². The van der Waals surface area contributed by atoms with Gasteiger partial charge in [0.25, 0.3) is 0 Å². The van der Waals surface area contributed by atoms with Gasteiger partial charge in [0.15, 0.2) is 0 Å². The van der Waals surface area contributed by atoms with E-state index in [2.05, 4.69) is 10.2 Å². The summed E-state index contributed by atoms with van der Waals surface area (Å²) in [4.78, 5) is 14.8. The lowest BCUT2D eigenvalue weighted by molar-refractivity contribution is -0.147. The first-order valence-corrected chi connectivity index (χ1v) is 6.84. The van der Waals surface area contributed by atoms with Crippen LogP contribution < -0.4 is 5.32 Å². The summed E-state index contributed by atoms with van der Waals surface area (Å²) in [6.45, 7) is 2.98. The quantitative estimate of drug-likeness (QED) is 0.730. The van der Waals surface area contributed by atoms with Crippen molar-refractivity contribution in [2.24, 2.45) is 5.41 Å². The van der Waals surface area contributed by atoms with Gasteiger partial charge in [-0.1, -0.05) is 12.8 Å². The molecule has 2 saturated heterocycles. The Morgan fingerprint density at radius 2 is 2.00 bits per heavy atom. The maximum Gasteiger partial charge on any atom is 0.230 e. The topological polar surface area (TPSA) is 32.3 Å². The SMILES string of the molecule is O=C1N(C2CCCC2)CCCC12CCNC2. The highest BCUT2D eigenvalue weighted by Crippen LogP contribution is 2.39. The van der Waals surface area contributed by atoms with E-state index in [-0.39, 0.29) is 5.41 Å². The van der Waals surface area contributed by atoms with Crippen molar-refractivity contribution in [3.8, 4) is 0 Å². The summed E-state index contributed by atoms with van der Waals surface area (Å²) >= 11 is 0. The van der Waals surface area contributed by atoms with Crippen molar-refractivity contribution in [3.63, 3.8) is 0 Å². The number of carbonyl (C=O) groups is 1. The van der Waals surface area contributed by atoms with Crippen LogP contribution in [0.4, 0.5) is 0 Å². The van der Waals surface area contributed by atoms with Crippen molar-refractivity contribution in [3.05, 3.63) is 0 Å². The Kier molecular flexibility index (Phi) is 2.66. The number of nitrogens with zero attached hydrogens (tertiary/aromatic N) is 1. The highest BCUT2D eigenvalue weighted by atomic mass is 16.2. The molecule has 1 N–H and O–H groups in total. The van der Waals surface area contributed by atoms with E-state index in [1.807, 2.05) is 0 Å². The first-order chi connectivity index (χ1) is 7.82. The number of hydrogen-bond donors (Lipinski definition) is 1. The summed E-state index contributed by atoms with van der Waals surface area (Å²) in [7, 11) is 0. The monoisotopic (exact) mass is 222 g/mol. The van der Waals surface area contributed by atoms with Crippen LogP contribution in [0.2, 0.25) is 0 Å². The summed E-state index contributed by atoms with van der Waals surface area (Å²) in [5.41, 5.74) is -0.0131. The molecule has 0 aromatic heterocycles. The van der Waals surface area contributed by atoms with Gasteiger partial charge in [0, 0.05) is 19.1 Å². The van der Waals surface area contributed by atoms with E-state index < -0.39 is 0 Å². The minimum absolute atomic E-state index is 0.0131. The number of amides is 1. The molecule has 2 heterocycles. The Labute approximate surface area is 97.6 Å². The number of rotatable bonds is 1. The summed E-state index contributed by atoms with van der Waals surface area (Å²) in [5, 5.41) is 3.38. The van der Waals surface area contributed by atoms with Gasteiger partial charge in [0.2, 0.25) is 5.91 Å². The van der Waals surface area contributed by atoms with Crippen LogP contribution in [-0.4, -0.2) is 36.5 Å². The van der Waals surface area contributed by atoms with E-state index in [9.17, 15) is 4.79 Å². The molecular weight excluding hydrogens is 200 g/mol. The molecular formula is C13H22N2O. The van der Waals surface area contributed by atoms with Crippen LogP contribution in [0.5, 0.6) is 0 Å². The van der Waals surface area contributed by atoms with Crippen LogP contribution in [0.3, 0.4) is 0 Å². The van der Waals surface area contributed by atoms with E-state index >= 15 is 0 Å². The standard InChI is InChI=1S/C13H22N2O/c16-12-13(7-8-14-10-13)6-3-9-15(12)11-4-1-2-5-11/h11,14H,1-10H2. The normalized spacial score (nSPS) is 36.5. The molecule has 3 rings (SSSR count). The van der Waals surface area contributed by atoms with Crippen molar-refractivity contribution in [2.45, 2.75) is 51.0 Å². The second kappa shape index (κ2) is 4.02. The van der Waals surface area contributed by atoms with Crippen LogP contribution in [0.1, 0.15) is 44.9 Å². The fourth-order valence-corrected chi connectivity index (χ4v) is 3.80. The van der Waals surface area contributed by atoms with Crippen molar-refractivity contribution in [1.82, 2.24) is 10.2 Å². The predicted octanol–water partition coefficient (Wildman–Crippen LogP) is 1.53. The fourth-order valence-electron chi connectivity index (χ4n) is 3.80. The van der Waals surface area contributed by atoms with Gasteiger partial charge in [0.1, 0.15) is 0 Å². The molecule has 1 aliphatic carbocycles. The van der Waals surface area contributed by atoms with Gasteiger partial charge in [-0.05, 0) is 38.6 Å². The average Bonchev–Trinajstić information content (AvgIpc) is 2.94. The Hall–Kier alpha value is -0.570. The van der Waals surface area contributed by atoms with Gasteiger partial charge < -0.3 is 10.2 Å². The van der Waals surface area contributed by atoms with Crippen LogP contribution in [0, 0.1) is 5.41 Å². The number of likely N-dealkylation sites (tertiary alicyclic amines) is 1. The van der Waals surface area contributed by atoms with Crippen LogP contribution >= 0.6 is 0 Å². The number of piperidine rings is 1. The zero-order chi connectivity index (χ0) is 11.0. The zero-order valence-corrected chi connectivity index (χ0v) is 10.0. The molecule has 16 heavy (non-hydrogen) atoms. The maximum atomic E-state index is 12.6.